The summed E-state index contributed by atoms with van der Waals surface area (Å²) in [7, 11) is 0. The lowest BCUT2D eigenvalue weighted by Gasteiger charge is -2.25. The first-order valence-electron chi connectivity index (χ1n) is 6.88. The zero-order chi connectivity index (χ0) is 13.9. The smallest absolute Gasteiger partial charge is 0.242 e. The third-order valence-electron chi connectivity index (χ3n) is 3.55. The molecule has 0 aliphatic heterocycles. The molecule has 1 aliphatic carbocycles. The highest BCUT2D eigenvalue weighted by Gasteiger charge is 2.47. The van der Waals surface area contributed by atoms with E-state index in [9.17, 15) is 9.18 Å². The zero-order valence-corrected chi connectivity index (χ0v) is 11.4. The Morgan fingerprint density at radius 3 is 2.74 bits per heavy atom. The quantitative estimate of drug-likeness (QED) is 0.855. The molecule has 1 aromatic rings. The Kier molecular flexibility index (Phi) is 4.20. The molecule has 0 heterocycles. The molecule has 2 rings (SSSR count). The van der Waals surface area contributed by atoms with Crippen molar-refractivity contribution >= 4 is 5.91 Å². The number of nitrogens with two attached hydrogens (primary N) is 1. The second kappa shape index (κ2) is 5.70. The first-order valence-corrected chi connectivity index (χ1v) is 6.88. The van der Waals surface area contributed by atoms with E-state index in [1.54, 1.807) is 6.07 Å². The van der Waals surface area contributed by atoms with Gasteiger partial charge in [0.15, 0.2) is 0 Å². The van der Waals surface area contributed by atoms with Crippen molar-refractivity contribution in [1.82, 2.24) is 4.90 Å². The molecule has 3 nitrogen and oxygen atoms in total. The highest BCUT2D eigenvalue weighted by atomic mass is 19.1. The van der Waals surface area contributed by atoms with Crippen LogP contribution in [-0.2, 0) is 11.2 Å². The van der Waals surface area contributed by atoms with E-state index in [1.807, 2.05) is 17.9 Å². The number of hydrogen-bond acceptors (Lipinski definition) is 2. The molecule has 0 radical (unpaired) electrons. The Morgan fingerprint density at radius 1 is 1.42 bits per heavy atom. The van der Waals surface area contributed by atoms with Gasteiger partial charge in [0, 0.05) is 13.1 Å². The van der Waals surface area contributed by atoms with Crippen LogP contribution in [0.4, 0.5) is 4.39 Å². The Balaban J connectivity index is 1.95. The average molecular weight is 264 g/mol. The van der Waals surface area contributed by atoms with Gasteiger partial charge < -0.3 is 10.6 Å². The van der Waals surface area contributed by atoms with Crippen molar-refractivity contribution in [2.45, 2.75) is 38.1 Å². The molecule has 0 aromatic heterocycles. The van der Waals surface area contributed by atoms with Crippen LogP contribution in [0.25, 0.3) is 0 Å². The van der Waals surface area contributed by atoms with E-state index in [4.69, 9.17) is 5.73 Å². The molecular formula is C15H21FN2O. The maximum absolute atomic E-state index is 13.1. The zero-order valence-electron chi connectivity index (χ0n) is 11.4. The number of carbonyl (C=O) groups excluding carboxylic acids is 1. The molecule has 1 saturated carbocycles. The number of amides is 1. The van der Waals surface area contributed by atoms with E-state index in [2.05, 4.69) is 0 Å². The molecule has 0 bridgehead atoms. The minimum absolute atomic E-state index is 0.0470. The molecule has 2 N–H and O–H groups in total. The van der Waals surface area contributed by atoms with Gasteiger partial charge in [-0.3, -0.25) is 4.79 Å². The standard InChI is InChI=1S/C15H21FN2O/c1-2-9-18(14(19)15(17)7-8-15)10-6-12-4-3-5-13(16)11-12/h3-5,11H,2,6-10,17H2,1H3. The van der Waals surface area contributed by atoms with E-state index in [0.29, 0.717) is 19.5 Å². The van der Waals surface area contributed by atoms with Crippen molar-refractivity contribution in [2.75, 3.05) is 13.1 Å². The number of halogens is 1. The summed E-state index contributed by atoms with van der Waals surface area (Å²) in [4.78, 5) is 14.0. The van der Waals surface area contributed by atoms with Gasteiger partial charge in [0.1, 0.15) is 5.82 Å². The van der Waals surface area contributed by atoms with Gasteiger partial charge >= 0.3 is 0 Å². The molecule has 19 heavy (non-hydrogen) atoms. The van der Waals surface area contributed by atoms with Crippen molar-refractivity contribution in [3.63, 3.8) is 0 Å². The summed E-state index contributed by atoms with van der Waals surface area (Å²) in [5.41, 5.74) is 6.26. The SMILES string of the molecule is CCCN(CCc1cccc(F)c1)C(=O)C1(N)CC1. The second-order valence-electron chi connectivity index (χ2n) is 5.33. The van der Waals surface area contributed by atoms with Gasteiger partial charge in [-0.05, 0) is 43.4 Å². The number of rotatable bonds is 6. The van der Waals surface area contributed by atoms with Gasteiger partial charge in [-0.25, -0.2) is 4.39 Å². The number of hydrogen-bond donors (Lipinski definition) is 1. The Morgan fingerprint density at radius 2 is 2.16 bits per heavy atom. The van der Waals surface area contributed by atoms with E-state index in [1.165, 1.54) is 12.1 Å². The predicted octanol–water partition coefficient (Wildman–Crippen LogP) is 2.10. The fraction of sp³-hybridized carbons (Fsp3) is 0.533. The van der Waals surface area contributed by atoms with E-state index in [0.717, 1.165) is 24.8 Å². The van der Waals surface area contributed by atoms with Crippen LogP contribution in [0.2, 0.25) is 0 Å². The molecule has 104 valence electrons. The number of benzene rings is 1. The lowest BCUT2D eigenvalue weighted by Crippen LogP contribution is -2.46. The highest BCUT2D eigenvalue weighted by molar-refractivity contribution is 5.89. The van der Waals surface area contributed by atoms with Crippen LogP contribution >= 0.6 is 0 Å². The van der Waals surface area contributed by atoms with Crippen LogP contribution in [0, 0.1) is 5.82 Å². The molecule has 0 saturated heterocycles. The van der Waals surface area contributed by atoms with Crippen LogP contribution < -0.4 is 5.73 Å². The van der Waals surface area contributed by atoms with Crippen molar-refractivity contribution in [3.05, 3.63) is 35.6 Å². The molecule has 1 aromatic carbocycles. The Hall–Kier alpha value is -1.42. The molecule has 0 unspecified atom stereocenters. The largest absolute Gasteiger partial charge is 0.341 e. The normalized spacial score (nSPS) is 16.2. The summed E-state index contributed by atoms with van der Waals surface area (Å²) in [6.07, 6.45) is 3.14. The van der Waals surface area contributed by atoms with E-state index < -0.39 is 5.54 Å². The predicted molar refractivity (Wildman–Crippen MR) is 73.1 cm³/mol. The Labute approximate surface area is 113 Å². The average Bonchev–Trinajstić information content (AvgIpc) is 3.13. The minimum atomic E-state index is -0.614. The van der Waals surface area contributed by atoms with Crippen LogP contribution in [-0.4, -0.2) is 29.4 Å². The van der Waals surface area contributed by atoms with E-state index >= 15 is 0 Å². The molecular weight excluding hydrogens is 243 g/mol. The van der Waals surface area contributed by atoms with Gasteiger partial charge in [-0.1, -0.05) is 19.1 Å². The van der Waals surface area contributed by atoms with E-state index in [-0.39, 0.29) is 11.7 Å². The third-order valence-corrected chi connectivity index (χ3v) is 3.55. The Bertz CT molecular complexity index is 457. The fourth-order valence-electron chi connectivity index (χ4n) is 2.20. The van der Waals surface area contributed by atoms with Crippen LogP contribution in [0.5, 0.6) is 0 Å². The summed E-state index contributed by atoms with van der Waals surface area (Å²) >= 11 is 0. The van der Waals surface area contributed by atoms with Gasteiger partial charge in [0.2, 0.25) is 5.91 Å². The van der Waals surface area contributed by atoms with Crippen molar-refractivity contribution in [1.29, 1.82) is 0 Å². The number of nitrogens with zero attached hydrogens (tertiary/aromatic N) is 1. The first kappa shape index (κ1) is 14.0. The van der Waals surface area contributed by atoms with Crippen LogP contribution in [0.3, 0.4) is 0 Å². The molecule has 1 fully saturated rings. The summed E-state index contributed by atoms with van der Waals surface area (Å²) in [5, 5.41) is 0. The molecule has 0 atom stereocenters. The second-order valence-corrected chi connectivity index (χ2v) is 5.33. The topological polar surface area (TPSA) is 46.3 Å². The maximum Gasteiger partial charge on any atom is 0.242 e. The van der Waals surface area contributed by atoms with Gasteiger partial charge in [-0.15, -0.1) is 0 Å². The van der Waals surface area contributed by atoms with Crippen LogP contribution in [0.15, 0.2) is 24.3 Å². The molecule has 1 aliphatic rings. The van der Waals surface area contributed by atoms with Crippen molar-refractivity contribution in [2.24, 2.45) is 5.73 Å². The number of carbonyl (C=O) groups is 1. The van der Waals surface area contributed by atoms with Gasteiger partial charge in [0.25, 0.3) is 0 Å². The lowest BCUT2D eigenvalue weighted by atomic mass is 10.1. The molecule has 0 spiro atoms. The fourth-order valence-corrected chi connectivity index (χ4v) is 2.20. The van der Waals surface area contributed by atoms with Crippen LogP contribution in [0.1, 0.15) is 31.7 Å². The summed E-state index contributed by atoms with van der Waals surface area (Å²) in [6.45, 7) is 3.36. The third kappa shape index (κ3) is 3.53. The summed E-state index contributed by atoms with van der Waals surface area (Å²) < 4.78 is 13.1. The monoisotopic (exact) mass is 264 g/mol. The van der Waals surface area contributed by atoms with Gasteiger partial charge in [0.05, 0.1) is 5.54 Å². The summed E-state index contributed by atoms with van der Waals surface area (Å²) in [6, 6.07) is 6.52. The molecule has 4 heteroatoms. The lowest BCUT2D eigenvalue weighted by molar-refractivity contribution is -0.133. The minimum Gasteiger partial charge on any atom is -0.341 e. The summed E-state index contributed by atoms with van der Waals surface area (Å²) in [5.74, 6) is -0.186. The van der Waals surface area contributed by atoms with Gasteiger partial charge in [-0.2, -0.15) is 0 Å². The molecule has 1 amide bonds. The van der Waals surface area contributed by atoms with Crippen molar-refractivity contribution in [3.8, 4) is 0 Å². The maximum atomic E-state index is 13.1. The highest BCUT2D eigenvalue weighted by Crippen LogP contribution is 2.34. The first-order chi connectivity index (χ1) is 9.05. The van der Waals surface area contributed by atoms with Crippen molar-refractivity contribution < 1.29 is 9.18 Å².